The van der Waals surface area contributed by atoms with Crippen molar-refractivity contribution in [1.29, 1.82) is 0 Å². The van der Waals surface area contributed by atoms with E-state index in [-0.39, 0.29) is 23.1 Å². The molecule has 0 bridgehead atoms. The minimum atomic E-state index is -0.159. The molecular formula is C36H16N2O4S2. The van der Waals surface area contributed by atoms with E-state index >= 15 is 0 Å². The molecule has 0 radical (unpaired) electrons. The van der Waals surface area contributed by atoms with Gasteiger partial charge in [0.05, 0.1) is 31.6 Å². The van der Waals surface area contributed by atoms with E-state index in [0.717, 1.165) is 21.1 Å². The van der Waals surface area contributed by atoms with Crippen LogP contribution in [-0.4, -0.2) is 33.1 Å². The van der Waals surface area contributed by atoms with Crippen molar-refractivity contribution in [3.8, 4) is 21.1 Å². The van der Waals surface area contributed by atoms with Gasteiger partial charge in [-0.3, -0.25) is 19.2 Å². The Morgan fingerprint density at radius 3 is 1.14 bits per heavy atom. The summed E-state index contributed by atoms with van der Waals surface area (Å²) in [7, 11) is 0. The minimum absolute atomic E-state index is 0.149. The lowest BCUT2D eigenvalue weighted by Gasteiger charge is -2.17. The molecule has 9 rings (SSSR count). The average molecular weight is 605 g/mol. The van der Waals surface area contributed by atoms with Crippen molar-refractivity contribution in [3.05, 3.63) is 142 Å². The summed E-state index contributed by atoms with van der Waals surface area (Å²) in [5.74, 6) is -0.617. The minimum Gasteiger partial charge on any atom is -0.289 e. The summed E-state index contributed by atoms with van der Waals surface area (Å²) in [5.41, 5.74) is 6.44. The van der Waals surface area contributed by atoms with Crippen LogP contribution in [0.5, 0.6) is 0 Å². The molecule has 2 heterocycles. The highest BCUT2D eigenvalue weighted by Crippen LogP contribution is 2.41. The summed E-state index contributed by atoms with van der Waals surface area (Å²) in [4.78, 5) is 62.9. The highest BCUT2D eigenvalue weighted by atomic mass is 32.1. The Kier molecular flexibility index (Phi) is 5.15. The molecule has 0 saturated heterocycles. The van der Waals surface area contributed by atoms with E-state index in [9.17, 15) is 19.2 Å². The molecule has 44 heavy (non-hydrogen) atoms. The van der Waals surface area contributed by atoms with Crippen LogP contribution in [0.3, 0.4) is 0 Å². The molecule has 2 aliphatic carbocycles. The number of carbonyl (C=O) groups is 4. The maximum absolute atomic E-state index is 13.5. The van der Waals surface area contributed by atoms with Gasteiger partial charge in [-0.05, 0) is 24.3 Å². The number of fused-ring (bicyclic) bond motifs is 8. The highest BCUT2D eigenvalue weighted by Gasteiger charge is 2.33. The van der Waals surface area contributed by atoms with E-state index in [0.29, 0.717) is 64.9 Å². The van der Waals surface area contributed by atoms with Crippen LogP contribution in [0.1, 0.15) is 63.7 Å². The first-order valence-electron chi connectivity index (χ1n) is 13.8. The SMILES string of the molecule is O=C1c2ccccc2C(=O)c2c1ccc1nc(-c3ccc(-c4nc5ccc6c(c5s4)C(=O)c4ccccc4C6=O)cc3)sc21. The van der Waals surface area contributed by atoms with Gasteiger partial charge in [-0.2, -0.15) is 0 Å². The van der Waals surface area contributed by atoms with Crippen molar-refractivity contribution < 1.29 is 19.2 Å². The van der Waals surface area contributed by atoms with Gasteiger partial charge in [-0.25, -0.2) is 9.97 Å². The molecule has 0 N–H and O–H groups in total. The summed E-state index contributed by atoms with van der Waals surface area (Å²) in [6.45, 7) is 0. The van der Waals surface area contributed by atoms with Gasteiger partial charge < -0.3 is 0 Å². The number of aromatic nitrogens is 2. The quantitative estimate of drug-likeness (QED) is 0.200. The highest BCUT2D eigenvalue weighted by molar-refractivity contribution is 7.22. The Balaban J connectivity index is 1.09. The molecule has 0 aliphatic heterocycles. The Bertz CT molecular complexity index is 2300. The van der Waals surface area contributed by atoms with Crippen molar-refractivity contribution in [1.82, 2.24) is 9.97 Å². The predicted molar refractivity (Wildman–Crippen MR) is 170 cm³/mol. The van der Waals surface area contributed by atoms with Crippen LogP contribution in [0.4, 0.5) is 0 Å². The van der Waals surface area contributed by atoms with Crippen molar-refractivity contribution in [2.45, 2.75) is 0 Å². The molecule has 2 aliphatic rings. The molecular weight excluding hydrogens is 589 g/mol. The fraction of sp³-hybridized carbons (Fsp3) is 0. The van der Waals surface area contributed by atoms with Crippen molar-refractivity contribution in [2.24, 2.45) is 0 Å². The molecule has 206 valence electrons. The molecule has 7 aromatic rings. The molecule has 0 amide bonds. The van der Waals surface area contributed by atoms with Crippen LogP contribution in [-0.2, 0) is 0 Å². The van der Waals surface area contributed by atoms with Crippen LogP contribution in [0.25, 0.3) is 41.6 Å². The first-order valence-corrected chi connectivity index (χ1v) is 15.5. The number of carbonyl (C=O) groups excluding carboxylic acids is 4. The van der Waals surface area contributed by atoms with E-state index in [1.165, 1.54) is 22.7 Å². The number of ketones is 4. The summed E-state index contributed by atoms with van der Waals surface area (Å²) >= 11 is 2.79. The third-order valence-electron chi connectivity index (χ3n) is 8.27. The standard InChI is InChI=1S/C36H16N2O4S2/c39-29-19-5-1-3-7-21(19)31(41)27-23(29)13-15-25-33(27)43-35(37-25)17-9-11-18(12-10-17)36-38-26-16-14-24-28(34(26)44-36)32(42)22-8-4-2-6-20(22)30(24)40/h1-16H. The summed E-state index contributed by atoms with van der Waals surface area (Å²) < 4.78 is 1.40. The smallest absolute Gasteiger partial charge is 0.196 e. The molecule has 8 heteroatoms. The van der Waals surface area contributed by atoms with Crippen LogP contribution in [0.2, 0.25) is 0 Å². The summed E-state index contributed by atoms with van der Waals surface area (Å²) in [5, 5.41) is 1.47. The number of thiazole rings is 2. The first kappa shape index (κ1) is 25.1. The number of hydrogen-bond acceptors (Lipinski definition) is 8. The summed E-state index contributed by atoms with van der Waals surface area (Å²) in [6, 6.07) is 28.7. The van der Waals surface area contributed by atoms with Crippen LogP contribution in [0.15, 0.2) is 97.1 Å². The van der Waals surface area contributed by atoms with Gasteiger partial charge in [0.1, 0.15) is 10.0 Å². The van der Waals surface area contributed by atoms with Gasteiger partial charge in [0.15, 0.2) is 23.1 Å². The number of benzene rings is 5. The molecule has 6 nitrogen and oxygen atoms in total. The Hall–Kier alpha value is -5.44. The second-order valence-electron chi connectivity index (χ2n) is 10.7. The lowest BCUT2D eigenvalue weighted by molar-refractivity contribution is 0.0980. The Morgan fingerprint density at radius 2 is 0.750 bits per heavy atom. The topological polar surface area (TPSA) is 94.1 Å². The van der Waals surface area contributed by atoms with Crippen molar-refractivity contribution in [2.75, 3.05) is 0 Å². The van der Waals surface area contributed by atoms with Gasteiger partial charge >= 0.3 is 0 Å². The zero-order valence-electron chi connectivity index (χ0n) is 22.6. The van der Waals surface area contributed by atoms with Crippen LogP contribution in [0, 0.1) is 0 Å². The zero-order valence-corrected chi connectivity index (χ0v) is 24.2. The third kappa shape index (κ3) is 3.40. The monoisotopic (exact) mass is 604 g/mol. The molecule has 0 spiro atoms. The van der Waals surface area contributed by atoms with Crippen LogP contribution >= 0.6 is 22.7 Å². The number of rotatable bonds is 2. The molecule has 0 unspecified atom stereocenters. The van der Waals surface area contributed by atoms with Gasteiger partial charge in [0, 0.05) is 44.5 Å². The molecule has 2 aromatic heterocycles. The maximum Gasteiger partial charge on any atom is 0.196 e. The van der Waals surface area contributed by atoms with E-state index in [2.05, 4.69) is 0 Å². The lowest BCUT2D eigenvalue weighted by atomic mass is 9.84. The van der Waals surface area contributed by atoms with Crippen LogP contribution < -0.4 is 0 Å². The maximum atomic E-state index is 13.5. The third-order valence-corrected chi connectivity index (χ3v) is 10.5. The van der Waals surface area contributed by atoms with E-state index in [4.69, 9.17) is 9.97 Å². The Morgan fingerprint density at radius 1 is 0.386 bits per heavy atom. The van der Waals surface area contributed by atoms with Gasteiger partial charge in [0.25, 0.3) is 0 Å². The van der Waals surface area contributed by atoms with Gasteiger partial charge in [-0.1, -0.05) is 72.8 Å². The van der Waals surface area contributed by atoms with E-state index < -0.39 is 0 Å². The largest absolute Gasteiger partial charge is 0.289 e. The van der Waals surface area contributed by atoms with Crippen molar-refractivity contribution >= 4 is 66.2 Å². The van der Waals surface area contributed by atoms with Gasteiger partial charge in [0.2, 0.25) is 0 Å². The number of hydrogen-bond donors (Lipinski definition) is 0. The first-order chi connectivity index (χ1) is 21.5. The fourth-order valence-electron chi connectivity index (χ4n) is 6.13. The second kappa shape index (κ2) is 9.03. The fourth-order valence-corrected chi connectivity index (χ4v) is 8.36. The van der Waals surface area contributed by atoms with Crippen molar-refractivity contribution in [3.63, 3.8) is 0 Å². The molecule has 5 aromatic carbocycles. The summed E-state index contributed by atoms with van der Waals surface area (Å²) in [6.07, 6.45) is 0. The Labute approximate surface area is 257 Å². The normalized spacial score (nSPS) is 13.6. The lowest BCUT2D eigenvalue weighted by Crippen LogP contribution is -2.20. The predicted octanol–water partition coefficient (Wildman–Crippen LogP) is 7.79. The average Bonchev–Trinajstić information content (AvgIpc) is 3.70. The number of nitrogens with zero attached hydrogens (tertiary/aromatic N) is 2. The zero-order chi connectivity index (χ0) is 29.7. The molecule has 0 fully saturated rings. The molecule has 0 saturated carbocycles. The second-order valence-corrected chi connectivity index (χ2v) is 12.7. The van der Waals surface area contributed by atoms with Gasteiger partial charge in [-0.15, -0.1) is 22.7 Å². The van der Waals surface area contributed by atoms with E-state index in [1.54, 1.807) is 72.8 Å². The molecule has 0 atom stereocenters. The van der Waals surface area contributed by atoms with E-state index in [1.807, 2.05) is 24.3 Å².